The van der Waals surface area contributed by atoms with Crippen molar-refractivity contribution in [2.24, 2.45) is 0 Å². The van der Waals surface area contributed by atoms with E-state index >= 15 is 0 Å². The van der Waals surface area contributed by atoms with Crippen LogP contribution in [0.3, 0.4) is 0 Å². The minimum Gasteiger partial charge on any atom is -0.495 e. The number of imide groups is 1. The topological polar surface area (TPSA) is 58.6 Å². The number of nitrogens with one attached hydrogen (secondary N) is 1. The van der Waals surface area contributed by atoms with Crippen molar-refractivity contribution in [1.82, 2.24) is 0 Å². The number of hydrogen-bond donors (Lipinski definition) is 1. The fourth-order valence-electron chi connectivity index (χ4n) is 3.38. The summed E-state index contributed by atoms with van der Waals surface area (Å²) in [5.41, 5.74) is 3.35. The Morgan fingerprint density at radius 2 is 1.48 bits per heavy atom. The molecular formula is C24H20N2O3. The molecule has 0 aliphatic carbocycles. The summed E-state index contributed by atoms with van der Waals surface area (Å²) < 4.78 is 5.42. The zero-order valence-electron chi connectivity index (χ0n) is 16.2. The van der Waals surface area contributed by atoms with Crippen LogP contribution in [0.5, 0.6) is 5.75 Å². The number of carbonyl (C=O) groups is 2. The van der Waals surface area contributed by atoms with Crippen molar-refractivity contribution in [2.45, 2.75) is 6.92 Å². The first-order chi connectivity index (χ1) is 14.1. The molecule has 1 aliphatic heterocycles. The summed E-state index contributed by atoms with van der Waals surface area (Å²) >= 11 is 0. The van der Waals surface area contributed by atoms with Gasteiger partial charge in [-0.3, -0.25) is 9.59 Å². The maximum Gasteiger partial charge on any atom is 0.282 e. The van der Waals surface area contributed by atoms with Crippen molar-refractivity contribution >= 4 is 28.8 Å². The van der Waals surface area contributed by atoms with Gasteiger partial charge >= 0.3 is 0 Å². The van der Waals surface area contributed by atoms with Crippen LogP contribution in [0.4, 0.5) is 11.4 Å². The molecule has 0 saturated carbocycles. The lowest BCUT2D eigenvalue weighted by Gasteiger charge is -2.19. The lowest BCUT2D eigenvalue weighted by Crippen LogP contribution is -2.32. The van der Waals surface area contributed by atoms with Gasteiger partial charge in [0.05, 0.1) is 18.4 Å². The SMILES string of the molecule is COc1ccc(C)cc1N1C(=O)C(Nc2ccccc2)=C(c2ccccc2)C1=O. The molecule has 4 rings (SSSR count). The van der Waals surface area contributed by atoms with Crippen LogP contribution in [0.1, 0.15) is 11.1 Å². The molecule has 144 valence electrons. The number of para-hydroxylation sites is 1. The Bertz CT molecular complexity index is 1110. The summed E-state index contributed by atoms with van der Waals surface area (Å²) in [5, 5.41) is 3.15. The van der Waals surface area contributed by atoms with Gasteiger partial charge in [-0.05, 0) is 42.3 Å². The number of benzene rings is 3. The highest BCUT2D eigenvalue weighted by Crippen LogP contribution is 2.38. The zero-order chi connectivity index (χ0) is 20.4. The third-order valence-corrected chi connectivity index (χ3v) is 4.76. The standard InChI is InChI=1S/C24H20N2O3/c1-16-13-14-20(29-2)19(15-16)26-23(27)21(17-9-5-3-6-10-17)22(24(26)28)25-18-11-7-4-8-12-18/h3-15,25H,1-2H3. The van der Waals surface area contributed by atoms with Gasteiger partial charge in [-0.15, -0.1) is 0 Å². The molecule has 0 atom stereocenters. The van der Waals surface area contributed by atoms with Crippen molar-refractivity contribution in [3.63, 3.8) is 0 Å². The van der Waals surface area contributed by atoms with Gasteiger partial charge in [-0.2, -0.15) is 0 Å². The molecule has 5 nitrogen and oxygen atoms in total. The second-order valence-corrected chi connectivity index (χ2v) is 6.73. The highest BCUT2D eigenvalue weighted by Gasteiger charge is 2.41. The maximum absolute atomic E-state index is 13.4. The van der Waals surface area contributed by atoms with Crippen LogP contribution in [0.15, 0.2) is 84.6 Å². The molecule has 2 amide bonds. The molecule has 0 radical (unpaired) electrons. The van der Waals surface area contributed by atoms with Gasteiger partial charge in [-0.25, -0.2) is 4.90 Å². The first kappa shape index (κ1) is 18.5. The van der Waals surface area contributed by atoms with Crippen molar-refractivity contribution in [1.29, 1.82) is 0 Å². The van der Waals surface area contributed by atoms with Crippen LogP contribution in [0, 0.1) is 6.92 Å². The van der Waals surface area contributed by atoms with Crippen molar-refractivity contribution in [3.05, 3.63) is 95.7 Å². The number of ether oxygens (including phenoxy) is 1. The monoisotopic (exact) mass is 384 g/mol. The lowest BCUT2D eigenvalue weighted by atomic mass is 10.0. The quantitative estimate of drug-likeness (QED) is 0.663. The fourth-order valence-corrected chi connectivity index (χ4v) is 3.38. The van der Waals surface area contributed by atoms with E-state index in [9.17, 15) is 9.59 Å². The van der Waals surface area contributed by atoms with E-state index in [2.05, 4.69) is 5.32 Å². The number of nitrogens with zero attached hydrogens (tertiary/aromatic N) is 1. The maximum atomic E-state index is 13.4. The molecule has 5 heteroatoms. The fraction of sp³-hybridized carbons (Fsp3) is 0.0833. The molecular weight excluding hydrogens is 364 g/mol. The molecule has 0 fully saturated rings. The van der Waals surface area contributed by atoms with E-state index in [1.165, 1.54) is 12.0 Å². The Morgan fingerprint density at radius 3 is 2.14 bits per heavy atom. The van der Waals surface area contributed by atoms with Gasteiger partial charge in [0.25, 0.3) is 11.8 Å². The minimum atomic E-state index is -0.415. The second-order valence-electron chi connectivity index (χ2n) is 6.73. The summed E-state index contributed by atoms with van der Waals surface area (Å²) in [6.45, 7) is 1.91. The molecule has 3 aromatic rings. The zero-order valence-corrected chi connectivity index (χ0v) is 16.2. The first-order valence-corrected chi connectivity index (χ1v) is 9.25. The number of hydrogen-bond acceptors (Lipinski definition) is 4. The first-order valence-electron chi connectivity index (χ1n) is 9.25. The average molecular weight is 384 g/mol. The van der Waals surface area contributed by atoms with Crippen LogP contribution >= 0.6 is 0 Å². The number of rotatable bonds is 5. The molecule has 3 aromatic carbocycles. The third-order valence-electron chi connectivity index (χ3n) is 4.76. The normalized spacial score (nSPS) is 13.8. The number of anilines is 2. The summed E-state index contributed by atoms with van der Waals surface area (Å²) in [7, 11) is 1.52. The Morgan fingerprint density at radius 1 is 0.828 bits per heavy atom. The van der Waals surface area contributed by atoms with E-state index in [0.29, 0.717) is 22.6 Å². The molecule has 1 aliphatic rings. The van der Waals surface area contributed by atoms with Gasteiger partial charge in [0.2, 0.25) is 0 Å². The van der Waals surface area contributed by atoms with Gasteiger partial charge < -0.3 is 10.1 Å². The lowest BCUT2D eigenvalue weighted by molar-refractivity contribution is -0.120. The van der Waals surface area contributed by atoms with E-state index in [1.807, 2.05) is 73.7 Å². The Hall–Kier alpha value is -3.86. The summed E-state index contributed by atoms with van der Waals surface area (Å²) in [6.07, 6.45) is 0. The average Bonchev–Trinajstić information content (AvgIpc) is 2.99. The number of aryl methyl sites for hydroxylation is 1. The second kappa shape index (κ2) is 7.64. The van der Waals surface area contributed by atoms with Crippen LogP contribution in [-0.2, 0) is 9.59 Å². The largest absolute Gasteiger partial charge is 0.495 e. The summed E-state index contributed by atoms with van der Waals surface area (Å²) in [4.78, 5) is 28.0. The molecule has 29 heavy (non-hydrogen) atoms. The summed E-state index contributed by atoms with van der Waals surface area (Å²) in [5.74, 6) is -0.337. The Kier molecular flexibility index (Phi) is 4.87. The highest BCUT2D eigenvalue weighted by molar-refractivity contribution is 6.46. The van der Waals surface area contributed by atoms with E-state index in [1.54, 1.807) is 12.1 Å². The number of carbonyl (C=O) groups excluding carboxylic acids is 2. The van der Waals surface area contributed by atoms with Gasteiger partial charge in [0.15, 0.2) is 0 Å². The van der Waals surface area contributed by atoms with E-state index in [0.717, 1.165) is 11.3 Å². The third kappa shape index (κ3) is 3.38. The highest BCUT2D eigenvalue weighted by atomic mass is 16.5. The molecule has 1 N–H and O–H groups in total. The molecule has 1 heterocycles. The molecule has 0 spiro atoms. The number of methoxy groups -OCH3 is 1. The molecule has 0 bridgehead atoms. The van der Waals surface area contributed by atoms with Crippen LogP contribution in [-0.4, -0.2) is 18.9 Å². The van der Waals surface area contributed by atoms with Gasteiger partial charge in [0.1, 0.15) is 11.4 Å². The van der Waals surface area contributed by atoms with Gasteiger partial charge in [0, 0.05) is 5.69 Å². The number of amides is 2. The molecule has 0 saturated heterocycles. The smallest absolute Gasteiger partial charge is 0.282 e. The predicted octanol–water partition coefficient (Wildman–Crippen LogP) is 4.40. The Balaban J connectivity index is 1.85. The van der Waals surface area contributed by atoms with Crippen molar-refractivity contribution in [3.8, 4) is 5.75 Å². The van der Waals surface area contributed by atoms with Crippen LogP contribution in [0.2, 0.25) is 0 Å². The van der Waals surface area contributed by atoms with E-state index in [4.69, 9.17) is 4.74 Å². The van der Waals surface area contributed by atoms with Crippen LogP contribution < -0.4 is 15.0 Å². The van der Waals surface area contributed by atoms with Crippen molar-refractivity contribution in [2.75, 3.05) is 17.3 Å². The van der Waals surface area contributed by atoms with E-state index in [-0.39, 0.29) is 11.6 Å². The van der Waals surface area contributed by atoms with Crippen LogP contribution in [0.25, 0.3) is 5.57 Å². The van der Waals surface area contributed by atoms with Gasteiger partial charge in [-0.1, -0.05) is 54.6 Å². The predicted molar refractivity (Wildman–Crippen MR) is 114 cm³/mol. The van der Waals surface area contributed by atoms with E-state index < -0.39 is 5.91 Å². The summed E-state index contributed by atoms with van der Waals surface area (Å²) in [6, 6.07) is 24.0. The molecule has 0 unspecified atom stereocenters. The Labute approximate surface area is 169 Å². The molecule has 0 aromatic heterocycles. The van der Waals surface area contributed by atoms with Crippen molar-refractivity contribution < 1.29 is 14.3 Å². The minimum absolute atomic E-state index is 0.246.